The molecule has 4 rings (SSSR count). The van der Waals surface area contributed by atoms with E-state index in [0.29, 0.717) is 12.3 Å². The Labute approximate surface area is 187 Å². The number of likely N-dealkylation sites (N-methyl/N-ethyl adjacent to an activating group) is 1. The Morgan fingerprint density at radius 2 is 1.81 bits per heavy atom. The zero-order valence-electron chi connectivity index (χ0n) is 19.2. The number of hydrogen-bond donors (Lipinski definition) is 1. The lowest BCUT2D eigenvalue weighted by atomic mass is 9.83. The Kier molecular flexibility index (Phi) is 6.97. The molecule has 1 aliphatic carbocycles. The highest BCUT2D eigenvalue weighted by atomic mass is 16.2. The molecule has 1 spiro atoms. The Balaban J connectivity index is 1.47. The largest absolute Gasteiger partial charge is 0.342 e. The molecular weight excluding hydrogens is 388 g/mol. The van der Waals surface area contributed by atoms with Gasteiger partial charge in [0.15, 0.2) is 0 Å². The van der Waals surface area contributed by atoms with Gasteiger partial charge in [-0.05, 0) is 37.9 Å². The molecule has 31 heavy (non-hydrogen) atoms. The van der Waals surface area contributed by atoms with Crippen molar-refractivity contribution in [2.75, 3.05) is 39.3 Å². The van der Waals surface area contributed by atoms with Crippen molar-refractivity contribution < 1.29 is 9.59 Å². The van der Waals surface area contributed by atoms with Gasteiger partial charge in [-0.1, -0.05) is 50.6 Å². The van der Waals surface area contributed by atoms with Crippen LogP contribution in [-0.2, 0) is 16.0 Å². The maximum atomic E-state index is 13.5. The number of amides is 2. The second kappa shape index (κ2) is 9.70. The van der Waals surface area contributed by atoms with Gasteiger partial charge in [0.2, 0.25) is 11.8 Å². The normalized spacial score (nSPS) is 23.6. The predicted molar refractivity (Wildman–Crippen MR) is 122 cm³/mol. The summed E-state index contributed by atoms with van der Waals surface area (Å²) in [6.07, 6.45) is 5.64. The topological polar surface area (TPSA) is 55.9 Å². The summed E-state index contributed by atoms with van der Waals surface area (Å²) in [5, 5.41) is 3.75. The Morgan fingerprint density at radius 1 is 1.13 bits per heavy atom. The number of likely N-dealkylation sites (tertiary alicyclic amines) is 1. The molecule has 1 unspecified atom stereocenters. The third-order valence-electron chi connectivity index (χ3n) is 7.70. The zero-order chi connectivity index (χ0) is 21.8. The average Bonchev–Trinajstić information content (AvgIpc) is 2.99. The summed E-state index contributed by atoms with van der Waals surface area (Å²) in [5.41, 5.74) is 0.867. The first-order valence-corrected chi connectivity index (χ1v) is 12.2. The summed E-state index contributed by atoms with van der Waals surface area (Å²) in [4.78, 5) is 32.8. The molecule has 2 aliphatic heterocycles. The van der Waals surface area contributed by atoms with Gasteiger partial charge in [0.25, 0.3) is 0 Å². The van der Waals surface area contributed by atoms with Crippen molar-refractivity contribution in [3.63, 3.8) is 0 Å². The monoisotopic (exact) mass is 426 g/mol. The smallest absolute Gasteiger partial charge is 0.241 e. The van der Waals surface area contributed by atoms with Crippen molar-refractivity contribution in [3.8, 4) is 0 Å². The molecule has 1 saturated carbocycles. The Hall–Kier alpha value is -1.92. The van der Waals surface area contributed by atoms with Crippen molar-refractivity contribution in [2.24, 2.45) is 5.92 Å². The van der Waals surface area contributed by atoms with E-state index in [-0.39, 0.29) is 23.5 Å². The highest BCUT2D eigenvalue weighted by Crippen LogP contribution is 2.35. The molecule has 6 heteroatoms. The number of nitrogens with zero attached hydrogens (tertiary/aromatic N) is 3. The molecule has 1 atom stereocenters. The summed E-state index contributed by atoms with van der Waals surface area (Å²) < 4.78 is 0. The van der Waals surface area contributed by atoms with E-state index >= 15 is 0 Å². The lowest BCUT2D eigenvalue weighted by molar-refractivity contribution is -0.142. The molecule has 1 aromatic rings. The number of benzene rings is 1. The molecule has 1 aromatic carbocycles. The lowest BCUT2D eigenvalue weighted by Crippen LogP contribution is -2.61. The number of piperidine rings is 1. The van der Waals surface area contributed by atoms with Crippen LogP contribution in [0.4, 0.5) is 0 Å². The summed E-state index contributed by atoms with van der Waals surface area (Å²) in [5.74, 6) is 0.799. The van der Waals surface area contributed by atoms with Gasteiger partial charge in [-0.2, -0.15) is 0 Å². The van der Waals surface area contributed by atoms with Gasteiger partial charge in [0.1, 0.15) is 0 Å². The molecule has 2 saturated heterocycles. The molecule has 0 bridgehead atoms. The van der Waals surface area contributed by atoms with Gasteiger partial charge in [-0.3, -0.25) is 14.9 Å². The maximum absolute atomic E-state index is 13.5. The Bertz CT molecular complexity index is 752. The van der Waals surface area contributed by atoms with Gasteiger partial charge in [-0.25, -0.2) is 0 Å². The fraction of sp³-hybridized carbons (Fsp3) is 0.680. The fourth-order valence-electron chi connectivity index (χ4n) is 5.38. The fourth-order valence-corrected chi connectivity index (χ4v) is 5.38. The second-order valence-electron chi connectivity index (χ2n) is 9.39. The van der Waals surface area contributed by atoms with Crippen LogP contribution in [0.1, 0.15) is 51.5 Å². The molecule has 6 nitrogen and oxygen atoms in total. The molecule has 3 fully saturated rings. The van der Waals surface area contributed by atoms with Gasteiger partial charge < -0.3 is 14.7 Å². The number of carbonyl (C=O) groups excluding carboxylic acids is 2. The van der Waals surface area contributed by atoms with Gasteiger partial charge in [0, 0.05) is 44.9 Å². The molecular formula is C25H38N4O2. The SMILES string of the molecule is CCN(CC)CCN1C(=O)C(Cc2ccccc2)NC12CCN(C(=O)C1CCC1)CC2. The average molecular weight is 427 g/mol. The first-order valence-electron chi connectivity index (χ1n) is 12.2. The molecule has 0 aromatic heterocycles. The number of rotatable bonds is 8. The van der Waals surface area contributed by atoms with E-state index in [1.54, 1.807) is 0 Å². The van der Waals surface area contributed by atoms with Gasteiger partial charge in [-0.15, -0.1) is 0 Å². The minimum absolute atomic E-state index is 0.187. The van der Waals surface area contributed by atoms with E-state index in [0.717, 1.165) is 65.0 Å². The number of nitrogens with one attached hydrogen (secondary N) is 1. The van der Waals surface area contributed by atoms with Crippen molar-refractivity contribution in [3.05, 3.63) is 35.9 Å². The minimum Gasteiger partial charge on any atom is -0.342 e. The molecule has 170 valence electrons. The van der Waals surface area contributed by atoms with E-state index in [9.17, 15) is 9.59 Å². The van der Waals surface area contributed by atoms with E-state index in [1.807, 2.05) is 23.1 Å². The van der Waals surface area contributed by atoms with Crippen LogP contribution < -0.4 is 5.32 Å². The van der Waals surface area contributed by atoms with Crippen LogP contribution in [0.25, 0.3) is 0 Å². The van der Waals surface area contributed by atoms with Gasteiger partial charge >= 0.3 is 0 Å². The van der Waals surface area contributed by atoms with Gasteiger partial charge in [0.05, 0.1) is 11.7 Å². The molecule has 1 N–H and O–H groups in total. The number of hydrogen-bond acceptors (Lipinski definition) is 4. The summed E-state index contributed by atoms with van der Waals surface area (Å²) in [7, 11) is 0. The Morgan fingerprint density at radius 3 is 2.39 bits per heavy atom. The van der Waals surface area contributed by atoms with Crippen LogP contribution >= 0.6 is 0 Å². The third kappa shape index (κ3) is 4.65. The van der Waals surface area contributed by atoms with E-state index < -0.39 is 0 Å². The first-order chi connectivity index (χ1) is 15.1. The minimum atomic E-state index is -0.319. The molecule has 2 amide bonds. The molecule has 3 aliphatic rings. The quantitative estimate of drug-likeness (QED) is 0.694. The third-order valence-corrected chi connectivity index (χ3v) is 7.70. The van der Waals surface area contributed by atoms with Crippen LogP contribution in [0, 0.1) is 5.92 Å². The van der Waals surface area contributed by atoms with Crippen LogP contribution in [-0.4, -0.2) is 77.5 Å². The zero-order valence-corrected chi connectivity index (χ0v) is 19.2. The second-order valence-corrected chi connectivity index (χ2v) is 9.39. The summed E-state index contributed by atoms with van der Waals surface area (Å²) in [6, 6.07) is 10.1. The van der Waals surface area contributed by atoms with Crippen LogP contribution in [0.3, 0.4) is 0 Å². The summed E-state index contributed by atoms with van der Waals surface area (Å²) >= 11 is 0. The first kappa shape index (κ1) is 22.3. The summed E-state index contributed by atoms with van der Waals surface area (Å²) in [6.45, 7) is 9.47. The highest BCUT2D eigenvalue weighted by molar-refractivity contribution is 5.86. The van der Waals surface area contributed by atoms with Crippen molar-refractivity contribution in [1.82, 2.24) is 20.0 Å². The van der Waals surface area contributed by atoms with Crippen molar-refractivity contribution in [2.45, 2.75) is 64.1 Å². The molecule has 2 heterocycles. The van der Waals surface area contributed by atoms with Crippen molar-refractivity contribution >= 4 is 11.8 Å². The standard InChI is InChI=1S/C25H38N4O2/c1-3-27(4-2)17-18-29-24(31)22(19-20-9-6-5-7-10-20)26-25(29)13-15-28(16-14-25)23(30)21-11-8-12-21/h5-7,9-10,21-22,26H,3-4,8,11-19H2,1-2H3. The van der Waals surface area contributed by atoms with Crippen LogP contribution in [0.2, 0.25) is 0 Å². The van der Waals surface area contributed by atoms with Crippen LogP contribution in [0.5, 0.6) is 0 Å². The van der Waals surface area contributed by atoms with E-state index in [2.05, 4.69) is 41.1 Å². The highest BCUT2D eigenvalue weighted by Gasteiger charge is 2.51. The maximum Gasteiger partial charge on any atom is 0.241 e. The van der Waals surface area contributed by atoms with Crippen LogP contribution in [0.15, 0.2) is 30.3 Å². The molecule has 0 radical (unpaired) electrons. The van der Waals surface area contributed by atoms with E-state index in [4.69, 9.17) is 0 Å². The predicted octanol–water partition coefficient (Wildman–Crippen LogP) is 2.49. The van der Waals surface area contributed by atoms with Crippen molar-refractivity contribution in [1.29, 1.82) is 0 Å². The van der Waals surface area contributed by atoms with E-state index in [1.165, 1.54) is 12.0 Å². The number of carbonyl (C=O) groups is 2. The lowest BCUT2D eigenvalue weighted by Gasteiger charge is -2.46.